The molecule has 0 radical (unpaired) electrons. The third-order valence-electron chi connectivity index (χ3n) is 2.94. The highest BCUT2D eigenvalue weighted by molar-refractivity contribution is 5.95. The first-order chi connectivity index (χ1) is 8.70. The Balaban J connectivity index is 2.13. The second-order valence-electron chi connectivity index (χ2n) is 4.21. The Morgan fingerprint density at radius 2 is 2.06 bits per heavy atom. The summed E-state index contributed by atoms with van der Waals surface area (Å²) in [7, 11) is 1.58. The van der Waals surface area contributed by atoms with Gasteiger partial charge in [0, 0.05) is 18.4 Å². The van der Waals surface area contributed by atoms with Gasteiger partial charge in [0.25, 0.3) is 0 Å². The first-order valence-electron chi connectivity index (χ1n) is 5.97. The number of hydrogen-bond acceptors (Lipinski definition) is 4. The minimum absolute atomic E-state index is 0.0194. The molecule has 18 heavy (non-hydrogen) atoms. The van der Waals surface area contributed by atoms with E-state index in [1.165, 1.54) is 0 Å². The van der Waals surface area contributed by atoms with Gasteiger partial charge in [-0.3, -0.25) is 5.41 Å². The zero-order valence-electron chi connectivity index (χ0n) is 10.4. The van der Waals surface area contributed by atoms with Gasteiger partial charge in [0.05, 0.1) is 20.3 Å². The van der Waals surface area contributed by atoms with Gasteiger partial charge in [0.1, 0.15) is 11.9 Å². The van der Waals surface area contributed by atoms with Crippen LogP contribution in [-0.2, 0) is 4.74 Å². The highest BCUT2D eigenvalue weighted by Gasteiger charge is 2.17. The summed E-state index contributed by atoms with van der Waals surface area (Å²) < 4.78 is 16.5. The summed E-state index contributed by atoms with van der Waals surface area (Å²) in [6, 6.07) is 5.28. The Kier molecular flexibility index (Phi) is 4.04. The molecular formula is C13H18N2O3. The summed E-state index contributed by atoms with van der Waals surface area (Å²) in [4.78, 5) is 0. The van der Waals surface area contributed by atoms with Crippen molar-refractivity contribution in [3.8, 4) is 11.5 Å². The third-order valence-corrected chi connectivity index (χ3v) is 2.94. The van der Waals surface area contributed by atoms with Crippen LogP contribution in [0.1, 0.15) is 18.4 Å². The average molecular weight is 250 g/mol. The van der Waals surface area contributed by atoms with E-state index in [2.05, 4.69) is 0 Å². The van der Waals surface area contributed by atoms with Gasteiger partial charge in [-0.15, -0.1) is 0 Å². The summed E-state index contributed by atoms with van der Waals surface area (Å²) in [6.45, 7) is 1.47. The van der Waals surface area contributed by atoms with Crippen LogP contribution in [0.2, 0.25) is 0 Å². The van der Waals surface area contributed by atoms with Crippen LogP contribution in [-0.4, -0.2) is 32.3 Å². The predicted molar refractivity (Wildman–Crippen MR) is 68.5 cm³/mol. The maximum Gasteiger partial charge on any atom is 0.161 e. The summed E-state index contributed by atoms with van der Waals surface area (Å²) in [5.74, 6) is 1.31. The molecule has 1 heterocycles. The molecule has 0 saturated carbocycles. The Morgan fingerprint density at radius 1 is 1.33 bits per heavy atom. The quantitative estimate of drug-likeness (QED) is 0.627. The van der Waals surface area contributed by atoms with Crippen LogP contribution < -0.4 is 15.2 Å². The predicted octanol–water partition coefficient (Wildman–Crippen LogP) is 1.54. The van der Waals surface area contributed by atoms with Crippen molar-refractivity contribution in [1.82, 2.24) is 0 Å². The highest BCUT2D eigenvalue weighted by Crippen LogP contribution is 2.30. The van der Waals surface area contributed by atoms with Crippen LogP contribution in [0.4, 0.5) is 0 Å². The molecule has 0 bridgehead atoms. The number of nitrogen functional groups attached to an aromatic ring is 1. The van der Waals surface area contributed by atoms with E-state index in [0.29, 0.717) is 17.1 Å². The Labute approximate surface area is 106 Å². The largest absolute Gasteiger partial charge is 0.493 e. The van der Waals surface area contributed by atoms with E-state index in [4.69, 9.17) is 25.4 Å². The van der Waals surface area contributed by atoms with Crippen molar-refractivity contribution in [3.05, 3.63) is 23.8 Å². The summed E-state index contributed by atoms with van der Waals surface area (Å²) in [5.41, 5.74) is 6.07. The number of amidine groups is 1. The fraction of sp³-hybridized carbons (Fsp3) is 0.462. The van der Waals surface area contributed by atoms with Crippen LogP contribution in [0.5, 0.6) is 11.5 Å². The van der Waals surface area contributed by atoms with Gasteiger partial charge in [0.2, 0.25) is 0 Å². The van der Waals surface area contributed by atoms with Gasteiger partial charge in [-0.05, 0) is 18.2 Å². The topological polar surface area (TPSA) is 77.6 Å². The molecule has 0 spiro atoms. The number of nitrogens with one attached hydrogen (secondary N) is 1. The minimum atomic E-state index is 0.0194. The molecule has 0 aromatic heterocycles. The van der Waals surface area contributed by atoms with Gasteiger partial charge in [-0.2, -0.15) is 0 Å². The Hall–Kier alpha value is -1.75. The zero-order chi connectivity index (χ0) is 13.0. The second kappa shape index (κ2) is 5.73. The van der Waals surface area contributed by atoms with E-state index in [9.17, 15) is 0 Å². The van der Waals surface area contributed by atoms with Crippen LogP contribution in [0.25, 0.3) is 0 Å². The van der Waals surface area contributed by atoms with Crippen LogP contribution in [0, 0.1) is 5.41 Å². The first-order valence-corrected chi connectivity index (χ1v) is 5.97. The molecule has 1 aromatic carbocycles. The zero-order valence-corrected chi connectivity index (χ0v) is 10.4. The number of benzene rings is 1. The lowest BCUT2D eigenvalue weighted by Gasteiger charge is -2.24. The number of methoxy groups -OCH3 is 1. The molecule has 0 amide bonds. The van der Waals surface area contributed by atoms with E-state index < -0.39 is 0 Å². The van der Waals surface area contributed by atoms with Crippen molar-refractivity contribution in [3.63, 3.8) is 0 Å². The number of hydrogen-bond donors (Lipinski definition) is 2. The minimum Gasteiger partial charge on any atom is -0.493 e. The first kappa shape index (κ1) is 12.7. The molecule has 0 aliphatic carbocycles. The second-order valence-corrected chi connectivity index (χ2v) is 4.21. The summed E-state index contributed by atoms with van der Waals surface area (Å²) >= 11 is 0. The SMILES string of the molecule is COc1cc(C(=N)N)ccc1OC1CCOCC1. The lowest BCUT2D eigenvalue weighted by Crippen LogP contribution is -2.26. The smallest absolute Gasteiger partial charge is 0.161 e. The van der Waals surface area contributed by atoms with Crippen LogP contribution in [0.15, 0.2) is 18.2 Å². The molecule has 1 aliphatic heterocycles. The Morgan fingerprint density at radius 3 is 2.67 bits per heavy atom. The van der Waals surface area contributed by atoms with Crippen molar-refractivity contribution in [2.75, 3.05) is 20.3 Å². The van der Waals surface area contributed by atoms with Gasteiger partial charge in [0.15, 0.2) is 11.5 Å². The number of nitrogens with two attached hydrogens (primary N) is 1. The molecule has 1 aromatic rings. The Bertz CT molecular complexity index is 428. The molecule has 0 atom stereocenters. The molecule has 1 aliphatic rings. The molecule has 0 unspecified atom stereocenters. The molecule has 5 heteroatoms. The number of ether oxygens (including phenoxy) is 3. The highest BCUT2D eigenvalue weighted by atomic mass is 16.5. The van der Waals surface area contributed by atoms with E-state index in [0.717, 1.165) is 26.1 Å². The maximum atomic E-state index is 7.40. The molecule has 98 valence electrons. The van der Waals surface area contributed by atoms with Crippen molar-refractivity contribution in [1.29, 1.82) is 5.41 Å². The standard InChI is InChI=1S/C13H18N2O3/c1-16-12-8-9(13(14)15)2-3-11(12)18-10-4-6-17-7-5-10/h2-3,8,10H,4-7H2,1H3,(H3,14,15). The normalized spacial score (nSPS) is 16.3. The summed E-state index contributed by atoms with van der Waals surface area (Å²) in [6.07, 6.45) is 1.94. The van der Waals surface area contributed by atoms with E-state index in [1.54, 1.807) is 25.3 Å². The fourth-order valence-electron chi connectivity index (χ4n) is 1.91. The van der Waals surface area contributed by atoms with Crippen molar-refractivity contribution < 1.29 is 14.2 Å². The molecule has 1 fully saturated rings. The molecular weight excluding hydrogens is 232 g/mol. The van der Waals surface area contributed by atoms with Crippen molar-refractivity contribution in [2.45, 2.75) is 18.9 Å². The van der Waals surface area contributed by atoms with Crippen LogP contribution >= 0.6 is 0 Å². The van der Waals surface area contributed by atoms with Crippen molar-refractivity contribution in [2.24, 2.45) is 5.73 Å². The van der Waals surface area contributed by atoms with Gasteiger partial charge < -0.3 is 19.9 Å². The van der Waals surface area contributed by atoms with E-state index >= 15 is 0 Å². The third kappa shape index (κ3) is 2.92. The maximum absolute atomic E-state index is 7.40. The van der Waals surface area contributed by atoms with E-state index in [1.807, 2.05) is 0 Å². The molecule has 2 rings (SSSR count). The fourth-order valence-corrected chi connectivity index (χ4v) is 1.91. The molecule has 3 N–H and O–H groups in total. The monoisotopic (exact) mass is 250 g/mol. The molecule has 5 nitrogen and oxygen atoms in total. The van der Waals surface area contributed by atoms with Crippen LogP contribution in [0.3, 0.4) is 0 Å². The van der Waals surface area contributed by atoms with Gasteiger partial charge in [-0.25, -0.2) is 0 Å². The number of rotatable bonds is 4. The van der Waals surface area contributed by atoms with Gasteiger partial charge >= 0.3 is 0 Å². The molecule has 1 saturated heterocycles. The lowest BCUT2D eigenvalue weighted by atomic mass is 10.1. The van der Waals surface area contributed by atoms with E-state index in [-0.39, 0.29) is 11.9 Å². The average Bonchev–Trinajstić information content (AvgIpc) is 2.40. The lowest BCUT2D eigenvalue weighted by molar-refractivity contribution is 0.0245. The van der Waals surface area contributed by atoms with Gasteiger partial charge in [-0.1, -0.05) is 0 Å². The van der Waals surface area contributed by atoms with Crippen molar-refractivity contribution >= 4 is 5.84 Å². The summed E-state index contributed by atoms with van der Waals surface area (Å²) in [5, 5.41) is 7.40.